The Bertz CT molecular complexity index is 784. The highest BCUT2D eigenvalue weighted by atomic mass is 79.9. The van der Waals surface area contributed by atoms with Crippen LogP contribution in [0.4, 0.5) is 11.4 Å². The summed E-state index contributed by atoms with van der Waals surface area (Å²) in [5, 5.41) is 0. The zero-order valence-corrected chi connectivity index (χ0v) is 20.0. The van der Waals surface area contributed by atoms with Gasteiger partial charge in [-0.2, -0.15) is 0 Å². The molecule has 28 heavy (non-hydrogen) atoms. The number of piperidine rings is 1. The summed E-state index contributed by atoms with van der Waals surface area (Å²) in [6, 6.07) is 14.9. The number of nitrogens with zero attached hydrogens (tertiary/aromatic N) is 2. The predicted octanol–water partition coefficient (Wildman–Crippen LogP) is 7.93. The number of halogens is 3. The molecule has 2 nitrogen and oxygen atoms in total. The van der Waals surface area contributed by atoms with E-state index in [4.69, 9.17) is 0 Å². The summed E-state index contributed by atoms with van der Waals surface area (Å²) in [5.74, 6) is 0. The van der Waals surface area contributed by atoms with Crippen molar-refractivity contribution in [2.75, 3.05) is 18.0 Å². The molecule has 1 saturated carbocycles. The van der Waals surface area contributed by atoms with Gasteiger partial charge in [-0.1, -0.05) is 63.3 Å². The second-order valence-electron chi connectivity index (χ2n) is 8.03. The van der Waals surface area contributed by atoms with Crippen molar-refractivity contribution < 1.29 is 0 Å². The molecule has 0 aromatic heterocycles. The minimum absolute atomic E-state index is 0. The van der Waals surface area contributed by atoms with Gasteiger partial charge in [0.25, 0.3) is 0 Å². The summed E-state index contributed by atoms with van der Waals surface area (Å²) in [6.45, 7) is 2.42. The van der Waals surface area contributed by atoms with Crippen LogP contribution in [0, 0.1) is 5.41 Å². The predicted molar refractivity (Wildman–Crippen MR) is 130 cm³/mol. The number of hydrogen-bond donors (Lipinski definition) is 0. The average molecular weight is 527 g/mol. The maximum atomic E-state index is 4.60. The van der Waals surface area contributed by atoms with Gasteiger partial charge in [0.15, 0.2) is 0 Å². The molecule has 0 atom stereocenters. The molecular weight excluding hydrogens is 500 g/mol. The van der Waals surface area contributed by atoms with Gasteiger partial charge in [-0.15, -0.1) is 12.4 Å². The van der Waals surface area contributed by atoms with Crippen LogP contribution >= 0.6 is 44.3 Å². The van der Waals surface area contributed by atoms with Gasteiger partial charge in [0.2, 0.25) is 0 Å². The van der Waals surface area contributed by atoms with Gasteiger partial charge < -0.3 is 4.90 Å². The number of rotatable bonds is 3. The van der Waals surface area contributed by atoms with Crippen LogP contribution in [0.5, 0.6) is 0 Å². The van der Waals surface area contributed by atoms with E-state index in [9.17, 15) is 0 Å². The van der Waals surface area contributed by atoms with E-state index in [1.807, 2.05) is 24.4 Å². The zero-order valence-electron chi connectivity index (χ0n) is 16.0. The SMILES string of the molecule is Brc1cc(Br)cc(N=Cc2ccc(N3CCC4(CCCCC4)CC3)cc2)c1.Cl. The molecule has 2 aromatic rings. The van der Waals surface area contributed by atoms with Crippen molar-refractivity contribution in [3.05, 3.63) is 57.0 Å². The molecule has 1 aliphatic heterocycles. The average Bonchev–Trinajstić information content (AvgIpc) is 2.67. The van der Waals surface area contributed by atoms with Crippen molar-refractivity contribution in [3.8, 4) is 0 Å². The van der Waals surface area contributed by atoms with Crippen LogP contribution in [0.2, 0.25) is 0 Å². The van der Waals surface area contributed by atoms with Crippen LogP contribution < -0.4 is 4.90 Å². The monoisotopic (exact) mass is 524 g/mol. The zero-order chi connectivity index (χ0) is 18.7. The molecule has 5 heteroatoms. The minimum atomic E-state index is 0. The van der Waals surface area contributed by atoms with E-state index in [1.54, 1.807) is 0 Å². The molecule has 2 fully saturated rings. The fourth-order valence-corrected chi connectivity index (χ4v) is 5.84. The summed E-state index contributed by atoms with van der Waals surface area (Å²) >= 11 is 7.02. The number of benzene rings is 2. The lowest BCUT2D eigenvalue weighted by atomic mass is 9.68. The van der Waals surface area contributed by atoms with Crippen LogP contribution in [-0.4, -0.2) is 19.3 Å². The summed E-state index contributed by atoms with van der Waals surface area (Å²) in [6.07, 6.45) is 11.9. The van der Waals surface area contributed by atoms with E-state index in [-0.39, 0.29) is 12.4 Å². The largest absolute Gasteiger partial charge is 0.371 e. The Morgan fingerprint density at radius 3 is 2.04 bits per heavy atom. The van der Waals surface area contributed by atoms with Crippen LogP contribution in [0.15, 0.2) is 56.4 Å². The number of aliphatic imine (C=N–C) groups is 1. The van der Waals surface area contributed by atoms with Gasteiger partial charge in [0.05, 0.1) is 5.69 Å². The maximum Gasteiger partial charge on any atom is 0.0652 e. The maximum absolute atomic E-state index is 4.60. The van der Waals surface area contributed by atoms with E-state index >= 15 is 0 Å². The van der Waals surface area contributed by atoms with Crippen molar-refractivity contribution in [3.63, 3.8) is 0 Å². The Labute approximate surface area is 191 Å². The van der Waals surface area contributed by atoms with Crippen molar-refractivity contribution in [2.45, 2.75) is 44.9 Å². The molecule has 1 heterocycles. The first-order chi connectivity index (χ1) is 13.1. The van der Waals surface area contributed by atoms with Gasteiger partial charge in [0.1, 0.15) is 0 Å². The molecule has 0 unspecified atom stereocenters. The number of hydrogen-bond acceptors (Lipinski definition) is 2. The third-order valence-electron chi connectivity index (χ3n) is 6.21. The smallest absolute Gasteiger partial charge is 0.0652 e. The molecular formula is C23H27Br2ClN2. The van der Waals surface area contributed by atoms with Crippen molar-refractivity contribution in [2.24, 2.45) is 10.4 Å². The Morgan fingerprint density at radius 1 is 0.821 bits per heavy atom. The first-order valence-corrected chi connectivity index (χ1v) is 11.6. The first kappa shape index (κ1) is 21.9. The van der Waals surface area contributed by atoms with Crippen LogP contribution in [-0.2, 0) is 0 Å². The van der Waals surface area contributed by atoms with E-state index in [0.29, 0.717) is 5.41 Å². The molecule has 0 N–H and O–H groups in total. The Hall–Kier alpha value is -0.840. The molecule has 0 bridgehead atoms. The lowest BCUT2D eigenvalue weighted by Gasteiger charge is -2.45. The van der Waals surface area contributed by atoms with Crippen molar-refractivity contribution >= 4 is 61.9 Å². The molecule has 150 valence electrons. The van der Waals surface area contributed by atoms with E-state index < -0.39 is 0 Å². The van der Waals surface area contributed by atoms with Gasteiger partial charge in [-0.3, -0.25) is 4.99 Å². The summed E-state index contributed by atoms with van der Waals surface area (Å²) in [5.41, 5.74) is 4.09. The topological polar surface area (TPSA) is 15.6 Å². The number of anilines is 1. The highest BCUT2D eigenvalue weighted by molar-refractivity contribution is 9.11. The molecule has 2 aliphatic rings. The standard InChI is InChI=1S/C23H26Br2N2.ClH/c24-19-14-20(25)16-21(15-19)26-17-18-4-6-22(7-5-18)27-12-10-23(11-13-27)8-2-1-3-9-23;/h4-7,14-17H,1-3,8-13H2;1H. The van der Waals surface area contributed by atoms with E-state index in [0.717, 1.165) is 20.2 Å². The van der Waals surface area contributed by atoms with E-state index in [2.05, 4.69) is 66.0 Å². The Morgan fingerprint density at radius 2 is 1.43 bits per heavy atom. The summed E-state index contributed by atoms with van der Waals surface area (Å²) in [7, 11) is 0. The second-order valence-corrected chi connectivity index (χ2v) is 9.86. The Kier molecular flexibility index (Phi) is 7.63. The van der Waals surface area contributed by atoms with Crippen molar-refractivity contribution in [1.82, 2.24) is 0 Å². The van der Waals surface area contributed by atoms with Crippen LogP contribution in [0.25, 0.3) is 0 Å². The lowest BCUT2D eigenvalue weighted by molar-refractivity contribution is 0.144. The lowest BCUT2D eigenvalue weighted by Crippen LogP contribution is -2.41. The molecule has 4 rings (SSSR count). The minimum Gasteiger partial charge on any atom is -0.371 e. The fraction of sp³-hybridized carbons (Fsp3) is 0.435. The molecule has 1 saturated heterocycles. The highest BCUT2D eigenvalue weighted by Gasteiger charge is 2.35. The van der Waals surface area contributed by atoms with Gasteiger partial charge in [0, 0.05) is 33.9 Å². The normalized spacial score (nSPS) is 19.0. The Balaban J connectivity index is 0.00000225. The van der Waals surface area contributed by atoms with E-state index in [1.165, 1.54) is 63.7 Å². The first-order valence-electron chi connectivity index (χ1n) is 9.97. The molecule has 0 amide bonds. The van der Waals surface area contributed by atoms with Crippen LogP contribution in [0.3, 0.4) is 0 Å². The fourth-order valence-electron chi connectivity index (χ4n) is 4.58. The van der Waals surface area contributed by atoms with Gasteiger partial charge >= 0.3 is 0 Å². The third-order valence-corrected chi connectivity index (χ3v) is 7.12. The summed E-state index contributed by atoms with van der Waals surface area (Å²) < 4.78 is 2.06. The highest BCUT2D eigenvalue weighted by Crippen LogP contribution is 2.45. The molecule has 0 radical (unpaired) electrons. The second kappa shape index (κ2) is 9.77. The van der Waals surface area contributed by atoms with Gasteiger partial charge in [-0.05, 0) is 67.0 Å². The quantitative estimate of drug-likeness (QED) is 0.371. The summed E-state index contributed by atoms with van der Waals surface area (Å²) in [4.78, 5) is 7.16. The van der Waals surface area contributed by atoms with Gasteiger partial charge in [-0.25, -0.2) is 0 Å². The molecule has 1 spiro atoms. The van der Waals surface area contributed by atoms with Crippen LogP contribution in [0.1, 0.15) is 50.5 Å². The molecule has 2 aromatic carbocycles. The third kappa shape index (κ3) is 5.40. The van der Waals surface area contributed by atoms with Crippen molar-refractivity contribution in [1.29, 1.82) is 0 Å². The molecule has 1 aliphatic carbocycles.